The number of aromatic nitrogens is 2. The minimum Gasteiger partial charge on any atom is -0.458 e. The average Bonchev–Trinajstić information content (AvgIpc) is 3.22. The standard InChI is InChI=1S/C28H24N2O4/c1-2-28(33)22-14-24-25-19(15-30(24)26(31)21(22)16-34-27(28)32)13-20-18(9-6-10-23(20)29-25)12-11-17-7-4-3-5-8-17/h3-10,13-14,33H,2,11-12,15-16H2,1H3/t28-/m0/s1. The third-order valence-corrected chi connectivity index (χ3v) is 7.17. The molecule has 4 heterocycles. The Morgan fingerprint density at radius 2 is 1.88 bits per heavy atom. The van der Waals surface area contributed by atoms with E-state index in [9.17, 15) is 14.7 Å². The number of esters is 1. The third-order valence-electron chi connectivity index (χ3n) is 7.17. The van der Waals surface area contributed by atoms with Gasteiger partial charge in [0.1, 0.15) is 6.61 Å². The summed E-state index contributed by atoms with van der Waals surface area (Å²) in [7, 11) is 0. The molecule has 2 aromatic carbocycles. The molecule has 0 saturated heterocycles. The molecule has 2 aromatic heterocycles. The molecule has 6 heteroatoms. The molecular weight excluding hydrogens is 428 g/mol. The fourth-order valence-corrected chi connectivity index (χ4v) is 5.21. The van der Waals surface area contributed by atoms with Crippen LogP contribution in [0, 0.1) is 0 Å². The van der Waals surface area contributed by atoms with Crippen molar-refractivity contribution in [2.24, 2.45) is 0 Å². The predicted octanol–water partition coefficient (Wildman–Crippen LogP) is 3.86. The number of carbonyl (C=O) groups is 1. The van der Waals surface area contributed by atoms with E-state index in [4.69, 9.17) is 9.72 Å². The van der Waals surface area contributed by atoms with Crippen LogP contribution in [0.1, 0.15) is 41.2 Å². The van der Waals surface area contributed by atoms with E-state index < -0.39 is 11.6 Å². The van der Waals surface area contributed by atoms with E-state index in [1.165, 1.54) is 11.1 Å². The van der Waals surface area contributed by atoms with Gasteiger partial charge in [0.15, 0.2) is 5.60 Å². The van der Waals surface area contributed by atoms with Crippen LogP contribution in [0.2, 0.25) is 0 Å². The zero-order valence-electron chi connectivity index (χ0n) is 18.9. The van der Waals surface area contributed by atoms with Crippen molar-refractivity contribution in [3.63, 3.8) is 0 Å². The van der Waals surface area contributed by atoms with Crippen LogP contribution in [0.25, 0.3) is 22.3 Å². The van der Waals surface area contributed by atoms with E-state index >= 15 is 0 Å². The van der Waals surface area contributed by atoms with E-state index in [0.29, 0.717) is 23.4 Å². The molecule has 0 amide bonds. The Balaban J connectivity index is 1.45. The summed E-state index contributed by atoms with van der Waals surface area (Å²) in [5.41, 5.74) is 4.34. The number of fused-ring (bicyclic) bond motifs is 5. The highest BCUT2D eigenvalue weighted by atomic mass is 16.6. The maximum Gasteiger partial charge on any atom is 0.343 e. The van der Waals surface area contributed by atoms with Gasteiger partial charge in [-0.05, 0) is 48.6 Å². The summed E-state index contributed by atoms with van der Waals surface area (Å²) in [4.78, 5) is 30.6. The Hall–Kier alpha value is -3.77. The van der Waals surface area contributed by atoms with Crippen molar-refractivity contribution in [1.82, 2.24) is 9.55 Å². The summed E-state index contributed by atoms with van der Waals surface area (Å²) < 4.78 is 6.83. The van der Waals surface area contributed by atoms with Crippen LogP contribution in [0.4, 0.5) is 0 Å². The molecule has 2 aliphatic rings. The first-order valence-electron chi connectivity index (χ1n) is 11.6. The monoisotopic (exact) mass is 452 g/mol. The lowest BCUT2D eigenvalue weighted by molar-refractivity contribution is -0.172. The van der Waals surface area contributed by atoms with Crippen LogP contribution in [0.3, 0.4) is 0 Å². The maximum atomic E-state index is 13.3. The van der Waals surface area contributed by atoms with Gasteiger partial charge >= 0.3 is 5.97 Å². The summed E-state index contributed by atoms with van der Waals surface area (Å²) in [6.07, 6.45) is 1.96. The van der Waals surface area contributed by atoms with Crippen molar-refractivity contribution in [2.45, 2.75) is 44.9 Å². The molecule has 6 nitrogen and oxygen atoms in total. The van der Waals surface area contributed by atoms with Gasteiger partial charge in [0.05, 0.1) is 29.0 Å². The first-order valence-corrected chi connectivity index (χ1v) is 11.6. The number of hydrogen-bond donors (Lipinski definition) is 1. The van der Waals surface area contributed by atoms with Gasteiger partial charge in [-0.15, -0.1) is 0 Å². The van der Waals surface area contributed by atoms with Crippen molar-refractivity contribution in [3.05, 3.63) is 98.8 Å². The van der Waals surface area contributed by atoms with Crippen LogP contribution in [0.5, 0.6) is 0 Å². The largest absolute Gasteiger partial charge is 0.458 e. The highest BCUT2D eigenvalue weighted by Crippen LogP contribution is 2.39. The second-order valence-electron chi connectivity index (χ2n) is 9.07. The maximum absolute atomic E-state index is 13.3. The number of benzene rings is 2. The smallest absolute Gasteiger partial charge is 0.343 e. The van der Waals surface area contributed by atoms with Gasteiger partial charge in [0.2, 0.25) is 0 Å². The summed E-state index contributed by atoms with van der Waals surface area (Å²) >= 11 is 0. The fourth-order valence-electron chi connectivity index (χ4n) is 5.21. The summed E-state index contributed by atoms with van der Waals surface area (Å²) in [5.74, 6) is -0.709. The van der Waals surface area contributed by atoms with Crippen LogP contribution in [0.15, 0.2) is 65.5 Å². The van der Waals surface area contributed by atoms with E-state index in [-0.39, 0.29) is 18.6 Å². The first-order chi connectivity index (χ1) is 16.5. The van der Waals surface area contributed by atoms with Crippen molar-refractivity contribution in [2.75, 3.05) is 0 Å². The SMILES string of the molecule is CC[C@@]1(O)C(=O)OCc2c1cc1n(c2=O)Cc2cc3c(CCc4ccccc4)cccc3nc2-1. The number of carbonyl (C=O) groups excluding carboxylic acids is 1. The van der Waals surface area contributed by atoms with Crippen LogP contribution < -0.4 is 5.56 Å². The summed E-state index contributed by atoms with van der Waals surface area (Å²) in [6.45, 7) is 1.99. The van der Waals surface area contributed by atoms with Gasteiger partial charge in [-0.2, -0.15) is 0 Å². The fraction of sp³-hybridized carbons (Fsp3) is 0.250. The average molecular weight is 453 g/mol. The van der Waals surface area contributed by atoms with Gasteiger partial charge in [0.25, 0.3) is 5.56 Å². The summed E-state index contributed by atoms with van der Waals surface area (Å²) in [5, 5.41) is 12.1. The van der Waals surface area contributed by atoms with E-state index in [1.807, 2.05) is 18.2 Å². The number of aryl methyl sites for hydroxylation is 2. The van der Waals surface area contributed by atoms with Crippen molar-refractivity contribution in [3.8, 4) is 11.4 Å². The molecule has 34 heavy (non-hydrogen) atoms. The number of aliphatic hydroxyl groups is 1. The minimum absolute atomic E-state index is 0.120. The Morgan fingerprint density at radius 1 is 1.06 bits per heavy atom. The Morgan fingerprint density at radius 3 is 2.68 bits per heavy atom. The molecule has 2 aliphatic heterocycles. The van der Waals surface area contributed by atoms with Crippen molar-refractivity contribution in [1.29, 1.82) is 0 Å². The van der Waals surface area contributed by atoms with E-state index in [1.54, 1.807) is 17.6 Å². The van der Waals surface area contributed by atoms with Crippen LogP contribution >= 0.6 is 0 Å². The highest BCUT2D eigenvalue weighted by Gasteiger charge is 2.45. The lowest BCUT2D eigenvalue weighted by Crippen LogP contribution is -2.44. The molecule has 0 saturated carbocycles. The predicted molar refractivity (Wildman–Crippen MR) is 128 cm³/mol. The van der Waals surface area contributed by atoms with Crippen molar-refractivity contribution >= 4 is 16.9 Å². The topological polar surface area (TPSA) is 81.4 Å². The lowest BCUT2D eigenvalue weighted by Gasteiger charge is -2.31. The highest BCUT2D eigenvalue weighted by molar-refractivity contribution is 5.88. The molecule has 0 unspecified atom stereocenters. The van der Waals surface area contributed by atoms with E-state index in [0.717, 1.165) is 35.0 Å². The molecular formula is C28H24N2O4. The van der Waals surface area contributed by atoms with Gasteiger partial charge in [-0.3, -0.25) is 4.79 Å². The van der Waals surface area contributed by atoms with Crippen LogP contribution in [-0.4, -0.2) is 20.6 Å². The Bertz CT molecular complexity index is 1520. The zero-order valence-corrected chi connectivity index (χ0v) is 18.9. The lowest BCUT2D eigenvalue weighted by atomic mass is 9.86. The molecule has 0 aliphatic carbocycles. The molecule has 1 atom stereocenters. The minimum atomic E-state index is -1.81. The summed E-state index contributed by atoms with van der Waals surface area (Å²) in [6, 6.07) is 20.4. The molecule has 4 aromatic rings. The zero-order chi connectivity index (χ0) is 23.4. The van der Waals surface area contributed by atoms with E-state index in [2.05, 4.69) is 36.4 Å². The molecule has 170 valence electrons. The van der Waals surface area contributed by atoms with Crippen LogP contribution in [-0.2, 0) is 41.1 Å². The third kappa shape index (κ3) is 3.02. The Kier molecular flexibility index (Phi) is 4.67. The molecule has 1 N–H and O–H groups in total. The number of pyridine rings is 2. The van der Waals surface area contributed by atoms with Gasteiger partial charge < -0.3 is 14.4 Å². The second kappa shape index (κ2) is 7.64. The Labute approximate surface area is 196 Å². The first kappa shape index (κ1) is 20.8. The molecule has 0 radical (unpaired) electrons. The quantitative estimate of drug-likeness (QED) is 0.419. The molecule has 0 spiro atoms. The van der Waals surface area contributed by atoms with Crippen molar-refractivity contribution < 1.29 is 14.6 Å². The number of ether oxygens (including phenoxy) is 1. The normalized spacial score (nSPS) is 18.4. The molecule has 0 bridgehead atoms. The van der Waals surface area contributed by atoms with Gasteiger partial charge in [-0.25, -0.2) is 9.78 Å². The number of nitrogens with zero attached hydrogens (tertiary/aromatic N) is 2. The molecule has 6 rings (SSSR count). The number of hydrogen-bond acceptors (Lipinski definition) is 5. The van der Waals surface area contributed by atoms with Gasteiger partial charge in [0, 0.05) is 16.5 Å². The molecule has 0 fully saturated rings. The van der Waals surface area contributed by atoms with Gasteiger partial charge in [-0.1, -0.05) is 49.4 Å². The second-order valence-corrected chi connectivity index (χ2v) is 9.07. The number of rotatable bonds is 4. The number of cyclic esters (lactones) is 1.